The number of nitrogens with zero attached hydrogens (tertiary/aromatic N) is 1. The maximum absolute atomic E-state index is 4.02. The minimum atomic E-state index is 0.853. The summed E-state index contributed by atoms with van der Waals surface area (Å²) < 4.78 is 0. The van der Waals surface area contributed by atoms with Crippen molar-refractivity contribution in [2.24, 2.45) is 0 Å². The molecule has 4 heteroatoms. The molecule has 0 fully saturated rings. The van der Waals surface area contributed by atoms with Crippen LogP contribution in [0.3, 0.4) is 0 Å². The van der Waals surface area contributed by atoms with E-state index < -0.39 is 0 Å². The number of anilines is 3. The van der Waals surface area contributed by atoms with Crippen LogP contribution in [-0.4, -0.2) is 16.5 Å². The summed E-state index contributed by atoms with van der Waals surface area (Å²) in [4.78, 5) is 7.31. The number of aromatic nitrogens is 2. The van der Waals surface area contributed by atoms with Crippen LogP contribution in [-0.2, 0) is 6.42 Å². The summed E-state index contributed by atoms with van der Waals surface area (Å²) in [6.45, 7) is 10.8. The second kappa shape index (κ2) is 8.21. The highest BCUT2D eigenvalue weighted by molar-refractivity contribution is 5.71. The topological polar surface area (TPSA) is 52.7 Å². The van der Waals surface area contributed by atoms with Crippen LogP contribution in [0, 0.1) is 0 Å². The molecule has 0 radical (unpaired) electrons. The lowest BCUT2D eigenvalue weighted by Gasteiger charge is -2.09. The fourth-order valence-electron chi connectivity index (χ4n) is 2.88. The van der Waals surface area contributed by atoms with Crippen molar-refractivity contribution in [1.82, 2.24) is 9.97 Å². The fourth-order valence-corrected chi connectivity index (χ4v) is 2.88. The van der Waals surface area contributed by atoms with E-state index in [0.29, 0.717) is 0 Å². The molecule has 26 heavy (non-hydrogen) atoms. The van der Waals surface area contributed by atoms with Crippen molar-refractivity contribution in [2.75, 3.05) is 17.2 Å². The minimum Gasteiger partial charge on any atom is -0.385 e. The maximum Gasteiger partial charge on any atom is 0.0480 e. The number of aromatic amines is 1. The lowest BCUT2D eigenvalue weighted by Crippen LogP contribution is -2.05. The Morgan fingerprint density at radius 3 is 2.38 bits per heavy atom. The van der Waals surface area contributed by atoms with Gasteiger partial charge in [0.1, 0.15) is 0 Å². The number of allylic oxidation sites excluding steroid dienone is 1. The highest BCUT2D eigenvalue weighted by Crippen LogP contribution is 2.22. The van der Waals surface area contributed by atoms with Crippen LogP contribution in [0.25, 0.3) is 11.6 Å². The van der Waals surface area contributed by atoms with Gasteiger partial charge in [0.25, 0.3) is 0 Å². The van der Waals surface area contributed by atoms with Crippen LogP contribution in [0.5, 0.6) is 0 Å². The van der Waals surface area contributed by atoms with Gasteiger partial charge in [0.15, 0.2) is 0 Å². The van der Waals surface area contributed by atoms with E-state index in [2.05, 4.69) is 58.0 Å². The van der Waals surface area contributed by atoms with Gasteiger partial charge in [0.05, 0.1) is 0 Å². The number of H-pyrrole nitrogens is 1. The van der Waals surface area contributed by atoms with Gasteiger partial charge in [0.2, 0.25) is 0 Å². The number of hydrogen-bond donors (Lipinski definition) is 3. The Kier molecular flexibility index (Phi) is 5.54. The third kappa shape index (κ3) is 4.22. The number of hydrogen-bond acceptors (Lipinski definition) is 3. The molecule has 0 atom stereocenters. The zero-order valence-electron chi connectivity index (χ0n) is 15.0. The van der Waals surface area contributed by atoms with Crippen molar-refractivity contribution >= 4 is 28.7 Å². The van der Waals surface area contributed by atoms with E-state index in [9.17, 15) is 0 Å². The minimum absolute atomic E-state index is 0.853. The van der Waals surface area contributed by atoms with Gasteiger partial charge < -0.3 is 15.6 Å². The number of pyridine rings is 1. The van der Waals surface area contributed by atoms with Gasteiger partial charge in [-0.3, -0.25) is 4.98 Å². The first kappa shape index (κ1) is 17.5. The van der Waals surface area contributed by atoms with E-state index in [0.717, 1.165) is 46.9 Å². The van der Waals surface area contributed by atoms with E-state index in [1.54, 1.807) is 12.4 Å². The van der Waals surface area contributed by atoms with Crippen LogP contribution in [0.1, 0.15) is 23.7 Å². The molecule has 0 bridgehead atoms. The zero-order valence-corrected chi connectivity index (χ0v) is 15.0. The Balaban J connectivity index is 1.56. The van der Waals surface area contributed by atoms with Crippen molar-refractivity contribution in [1.29, 1.82) is 0 Å². The van der Waals surface area contributed by atoms with Crippen molar-refractivity contribution in [3.63, 3.8) is 0 Å². The molecule has 2 heterocycles. The summed E-state index contributed by atoms with van der Waals surface area (Å²) in [5, 5.41) is 6.82. The fraction of sp³-hybridized carbons (Fsp3) is 0.136. The molecule has 0 aliphatic rings. The average Bonchev–Trinajstić information content (AvgIpc) is 3.07. The van der Waals surface area contributed by atoms with Gasteiger partial charge in [-0.25, -0.2) is 0 Å². The molecule has 0 aliphatic heterocycles. The standard InChI is InChI=1S/C22H24N4/c1-4-21-17(15-25-22(21)16(2)3)9-14-24-18-5-7-19(8-6-18)26-20-10-12-23-13-11-20/h4-8,10-13,15,24-25H,1-2,9,14H2,3H3,(H,23,26). The predicted molar refractivity (Wildman–Crippen MR) is 112 cm³/mol. The summed E-state index contributed by atoms with van der Waals surface area (Å²) in [5.41, 5.74) is 7.67. The molecule has 1 aromatic carbocycles. The molecule has 0 aliphatic carbocycles. The first-order valence-electron chi connectivity index (χ1n) is 8.67. The molecule has 0 unspecified atom stereocenters. The highest BCUT2D eigenvalue weighted by Gasteiger charge is 2.08. The predicted octanol–water partition coefficient (Wildman–Crippen LogP) is 5.48. The van der Waals surface area contributed by atoms with Crippen LogP contribution in [0.15, 0.2) is 68.1 Å². The summed E-state index contributed by atoms with van der Waals surface area (Å²) >= 11 is 0. The van der Waals surface area contributed by atoms with E-state index >= 15 is 0 Å². The van der Waals surface area contributed by atoms with Crippen molar-refractivity contribution in [3.05, 3.63) is 85.0 Å². The van der Waals surface area contributed by atoms with E-state index in [-0.39, 0.29) is 0 Å². The van der Waals surface area contributed by atoms with Crippen molar-refractivity contribution < 1.29 is 0 Å². The van der Waals surface area contributed by atoms with Gasteiger partial charge in [0, 0.05) is 53.5 Å². The Bertz CT molecular complexity index is 876. The SMILES string of the molecule is C=Cc1c(CCNc2ccc(Nc3ccncc3)cc2)c[nH]c1C(=C)C. The molecule has 0 amide bonds. The summed E-state index contributed by atoms with van der Waals surface area (Å²) in [6, 6.07) is 12.2. The molecule has 0 saturated heterocycles. The third-order valence-corrected chi connectivity index (χ3v) is 4.21. The molecular formula is C22H24N4. The Labute approximate surface area is 154 Å². The van der Waals surface area contributed by atoms with Gasteiger partial charge in [-0.2, -0.15) is 0 Å². The number of nitrogens with one attached hydrogen (secondary N) is 3. The van der Waals surface area contributed by atoms with E-state index in [1.807, 2.05) is 31.3 Å². The highest BCUT2D eigenvalue weighted by atomic mass is 14.9. The number of benzene rings is 1. The second-order valence-electron chi connectivity index (χ2n) is 6.20. The van der Waals surface area contributed by atoms with Crippen molar-refractivity contribution in [2.45, 2.75) is 13.3 Å². The molecule has 2 aromatic heterocycles. The van der Waals surface area contributed by atoms with Crippen LogP contribution in [0.4, 0.5) is 17.1 Å². The zero-order chi connectivity index (χ0) is 18.4. The van der Waals surface area contributed by atoms with Gasteiger partial charge >= 0.3 is 0 Å². The van der Waals surface area contributed by atoms with Crippen molar-refractivity contribution in [3.8, 4) is 0 Å². The van der Waals surface area contributed by atoms with Crippen LogP contribution >= 0.6 is 0 Å². The van der Waals surface area contributed by atoms with E-state index in [4.69, 9.17) is 0 Å². The van der Waals surface area contributed by atoms with Gasteiger partial charge in [-0.05, 0) is 60.9 Å². The first-order chi connectivity index (χ1) is 12.7. The molecule has 0 spiro atoms. The lowest BCUT2D eigenvalue weighted by molar-refractivity contribution is 1.02. The van der Waals surface area contributed by atoms with E-state index in [1.165, 1.54) is 5.56 Å². The molecular weight excluding hydrogens is 320 g/mol. The quantitative estimate of drug-likeness (QED) is 0.507. The maximum atomic E-state index is 4.02. The summed E-state index contributed by atoms with van der Waals surface area (Å²) in [5.74, 6) is 0. The molecule has 3 aromatic rings. The molecule has 3 N–H and O–H groups in total. The summed E-state index contributed by atoms with van der Waals surface area (Å²) in [7, 11) is 0. The Hall–Kier alpha value is -3.27. The monoisotopic (exact) mass is 344 g/mol. The molecule has 3 rings (SSSR count). The largest absolute Gasteiger partial charge is 0.385 e. The van der Waals surface area contributed by atoms with Gasteiger partial charge in [-0.1, -0.05) is 19.2 Å². The van der Waals surface area contributed by atoms with Gasteiger partial charge in [-0.15, -0.1) is 0 Å². The Morgan fingerprint density at radius 1 is 1.08 bits per heavy atom. The first-order valence-corrected chi connectivity index (χ1v) is 8.67. The normalized spacial score (nSPS) is 10.3. The number of rotatable bonds is 8. The average molecular weight is 344 g/mol. The summed E-state index contributed by atoms with van der Waals surface area (Å²) in [6.07, 6.45) is 8.41. The smallest absolute Gasteiger partial charge is 0.0480 e. The molecule has 4 nitrogen and oxygen atoms in total. The Morgan fingerprint density at radius 2 is 1.73 bits per heavy atom. The molecule has 132 valence electrons. The van der Waals surface area contributed by atoms with Crippen LogP contribution < -0.4 is 10.6 Å². The second-order valence-corrected chi connectivity index (χ2v) is 6.20. The third-order valence-electron chi connectivity index (χ3n) is 4.21. The lowest BCUT2D eigenvalue weighted by atomic mass is 10.1. The molecule has 0 saturated carbocycles. The van der Waals surface area contributed by atoms with Crippen LogP contribution in [0.2, 0.25) is 0 Å².